The number of nitrogens with zero attached hydrogens (tertiary/aromatic N) is 1. The van der Waals surface area contributed by atoms with Gasteiger partial charge >= 0.3 is 0 Å². The molecule has 0 spiro atoms. The van der Waals surface area contributed by atoms with Gasteiger partial charge in [-0.05, 0) is 68.9 Å². The van der Waals surface area contributed by atoms with Crippen molar-refractivity contribution in [1.82, 2.24) is 10.2 Å². The van der Waals surface area contributed by atoms with Crippen molar-refractivity contribution >= 4 is 0 Å². The lowest BCUT2D eigenvalue weighted by Crippen LogP contribution is -2.29. The Labute approximate surface area is 117 Å². The van der Waals surface area contributed by atoms with Crippen molar-refractivity contribution in [3.8, 4) is 0 Å². The highest BCUT2D eigenvalue weighted by atomic mass is 15.2. The van der Waals surface area contributed by atoms with Crippen LogP contribution < -0.4 is 5.32 Å². The molecule has 1 N–H and O–H groups in total. The van der Waals surface area contributed by atoms with Crippen LogP contribution in [0.3, 0.4) is 0 Å². The molecule has 0 aromatic heterocycles. The molecule has 2 nitrogen and oxygen atoms in total. The average Bonchev–Trinajstić information content (AvgIpc) is 3.21. The predicted molar refractivity (Wildman–Crippen MR) is 80.4 cm³/mol. The van der Waals surface area contributed by atoms with Gasteiger partial charge in [0.2, 0.25) is 0 Å². The third-order valence-electron chi connectivity index (χ3n) is 4.83. The molecule has 1 aliphatic heterocycles. The minimum Gasteiger partial charge on any atom is -0.319 e. The van der Waals surface area contributed by atoms with Gasteiger partial charge in [0.25, 0.3) is 0 Å². The van der Waals surface area contributed by atoms with Gasteiger partial charge in [0.1, 0.15) is 0 Å². The minimum atomic E-state index is 0.616. The summed E-state index contributed by atoms with van der Waals surface area (Å²) in [4.78, 5) is 2.63. The van der Waals surface area contributed by atoms with Gasteiger partial charge in [0.05, 0.1) is 0 Å². The van der Waals surface area contributed by atoms with E-state index in [1.54, 1.807) is 5.56 Å². The maximum Gasteiger partial charge on any atom is 0.0388 e. The van der Waals surface area contributed by atoms with E-state index in [9.17, 15) is 0 Å². The van der Waals surface area contributed by atoms with Crippen LogP contribution in [0.4, 0.5) is 0 Å². The van der Waals surface area contributed by atoms with Crippen LogP contribution in [-0.4, -0.2) is 31.6 Å². The lowest BCUT2D eigenvalue weighted by Gasteiger charge is -2.28. The molecule has 2 heteroatoms. The molecule has 19 heavy (non-hydrogen) atoms. The van der Waals surface area contributed by atoms with E-state index in [0.29, 0.717) is 6.04 Å². The van der Waals surface area contributed by atoms with Gasteiger partial charge in [-0.15, -0.1) is 0 Å². The first-order chi connectivity index (χ1) is 9.33. The van der Waals surface area contributed by atoms with Crippen molar-refractivity contribution in [2.45, 2.75) is 38.1 Å². The number of benzene rings is 1. The first-order valence-corrected chi connectivity index (χ1v) is 7.82. The second-order valence-electron chi connectivity index (χ2n) is 6.12. The van der Waals surface area contributed by atoms with Crippen LogP contribution in [0, 0.1) is 5.92 Å². The molecule has 0 bridgehead atoms. The quantitative estimate of drug-likeness (QED) is 0.872. The molecule has 3 rings (SSSR count). The van der Waals surface area contributed by atoms with Gasteiger partial charge in [-0.25, -0.2) is 0 Å². The zero-order chi connectivity index (χ0) is 13.2. The van der Waals surface area contributed by atoms with Crippen LogP contribution in [0.5, 0.6) is 0 Å². The molecule has 1 saturated carbocycles. The third kappa shape index (κ3) is 2.70. The van der Waals surface area contributed by atoms with Crippen molar-refractivity contribution < 1.29 is 0 Å². The summed E-state index contributed by atoms with van der Waals surface area (Å²) in [5.74, 6) is 1.63. The second-order valence-corrected chi connectivity index (χ2v) is 6.12. The zero-order valence-corrected chi connectivity index (χ0v) is 12.2. The van der Waals surface area contributed by atoms with Crippen molar-refractivity contribution in [1.29, 1.82) is 0 Å². The Morgan fingerprint density at radius 1 is 1.11 bits per heavy atom. The van der Waals surface area contributed by atoms with Gasteiger partial charge in [-0.2, -0.15) is 0 Å². The minimum absolute atomic E-state index is 0.616. The van der Waals surface area contributed by atoms with Crippen LogP contribution in [-0.2, 0) is 0 Å². The molecule has 0 amide bonds. The first kappa shape index (κ1) is 13.1. The maximum absolute atomic E-state index is 3.37. The third-order valence-corrected chi connectivity index (χ3v) is 4.83. The lowest BCUT2D eigenvalue weighted by atomic mass is 9.92. The van der Waals surface area contributed by atoms with Crippen LogP contribution in [0.15, 0.2) is 24.3 Å². The summed E-state index contributed by atoms with van der Waals surface area (Å²) in [6.07, 6.45) is 4.11. The Bertz CT molecular complexity index is 408. The molecule has 104 valence electrons. The normalized spacial score (nSPS) is 27.9. The van der Waals surface area contributed by atoms with Crippen LogP contribution >= 0.6 is 0 Å². The molecule has 2 fully saturated rings. The second kappa shape index (κ2) is 5.64. The van der Waals surface area contributed by atoms with Gasteiger partial charge in [-0.1, -0.05) is 31.2 Å². The van der Waals surface area contributed by atoms with Gasteiger partial charge in [-0.3, -0.25) is 4.90 Å². The van der Waals surface area contributed by atoms with E-state index < -0.39 is 0 Å². The summed E-state index contributed by atoms with van der Waals surface area (Å²) in [7, 11) is 2.07. The predicted octanol–water partition coefficient (Wildman–Crippen LogP) is 3.17. The van der Waals surface area contributed by atoms with Gasteiger partial charge < -0.3 is 5.32 Å². The molecule has 2 unspecified atom stereocenters. The number of likely N-dealkylation sites (tertiary alicyclic amines) is 1. The largest absolute Gasteiger partial charge is 0.319 e. The first-order valence-electron chi connectivity index (χ1n) is 7.82. The molecule has 2 aliphatic rings. The summed E-state index contributed by atoms with van der Waals surface area (Å²) < 4.78 is 0. The van der Waals surface area contributed by atoms with E-state index in [1.807, 2.05) is 0 Å². The van der Waals surface area contributed by atoms with Gasteiger partial charge in [0, 0.05) is 6.04 Å². The summed E-state index contributed by atoms with van der Waals surface area (Å²) in [6, 6.07) is 10.1. The van der Waals surface area contributed by atoms with E-state index in [0.717, 1.165) is 24.9 Å². The fourth-order valence-electron chi connectivity index (χ4n) is 3.62. The van der Waals surface area contributed by atoms with E-state index in [-0.39, 0.29) is 0 Å². The van der Waals surface area contributed by atoms with E-state index in [2.05, 4.69) is 48.5 Å². The van der Waals surface area contributed by atoms with Gasteiger partial charge in [0.15, 0.2) is 0 Å². The molecule has 1 saturated heterocycles. The summed E-state index contributed by atoms with van der Waals surface area (Å²) in [5.41, 5.74) is 3.07. The Morgan fingerprint density at radius 3 is 2.37 bits per heavy atom. The molecule has 1 aliphatic carbocycles. The Balaban J connectivity index is 1.79. The smallest absolute Gasteiger partial charge is 0.0388 e. The highest BCUT2D eigenvalue weighted by Gasteiger charge is 2.34. The molecule has 1 aromatic carbocycles. The standard InChI is InChI=1S/C17H26N2/c1-3-19-11-10-16(12-18-2)17(19)15-8-6-14(7-9-15)13-4-5-13/h6-9,13,16-18H,3-5,10-12H2,1-2H3. The average molecular weight is 258 g/mol. The SMILES string of the molecule is CCN1CCC(CNC)C1c1ccc(C2CC2)cc1. The van der Waals surface area contributed by atoms with E-state index in [1.165, 1.54) is 31.4 Å². The molecular formula is C17H26N2. The Morgan fingerprint density at radius 2 is 1.79 bits per heavy atom. The van der Waals surface area contributed by atoms with Crippen molar-refractivity contribution in [2.24, 2.45) is 5.92 Å². The highest BCUT2D eigenvalue weighted by Crippen LogP contribution is 2.41. The summed E-state index contributed by atoms with van der Waals surface area (Å²) >= 11 is 0. The molecule has 0 radical (unpaired) electrons. The Hall–Kier alpha value is -0.860. The van der Waals surface area contributed by atoms with E-state index in [4.69, 9.17) is 0 Å². The number of hydrogen-bond donors (Lipinski definition) is 1. The van der Waals surface area contributed by atoms with Crippen molar-refractivity contribution in [3.63, 3.8) is 0 Å². The molecular weight excluding hydrogens is 232 g/mol. The zero-order valence-electron chi connectivity index (χ0n) is 12.2. The maximum atomic E-state index is 3.37. The van der Waals surface area contributed by atoms with Crippen LogP contribution in [0.2, 0.25) is 0 Å². The monoisotopic (exact) mass is 258 g/mol. The topological polar surface area (TPSA) is 15.3 Å². The van der Waals surface area contributed by atoms with E-state index >= 15 is 0 Å². The lowest BCUT2D eigenvalue weighted by molar-refractivity contribution is 0.238. The summed E-state index contributed by atoms with van der Waals surface area (Å²) in [6.45, 7) is 5.83. The number of rotatable bonds is 5. The fourth-order valence-corrected chi connectivity index (χ4v) is 3.62. The highest BCUT2D eigenvalue weighted by molar-refractivity contribution is 5.30. The summed E-state index contributed by atoms with van der Waals surface area (Å²) in [5, 5.41) is 3.37. The van der Waals surface area contributed by atoms with Crippen LogP contribution in [0.1, 0.15) is 49.3 Å². The number of hydrogen-bond acceptors (Lipinski definition) is 2. The fraction of sp³-hybridized carbons (Fsp3) is 0.647. The molecule has 1 heterocycles. The Kier molecular flexibility index (Phi) is 3.90. The van der Waals surface area contributed by atoms with Crippen LogP contribution in [0.25, 0.3) is 0 Å². The number of nitrogens with one attached hydrogen (secondary N) is 1. The molecule has 1 aromatic rings. The van der Waals surface area contributed by atoms with Crippen molar-refractivity contribution in [2.75, 3.05) is 26.7 Å². The van der Waals surface area contributed by atoms with Crippen molar-refractivity contribution in [3.05, 3.63) is 35.4 Å². The molecule has 2 atom stereocenters.